The summed E-state index contributed by atoms with van der Waals surface area (Å²) in [5.74, 6) is 2.78. The molecule has 184 valence electrons. The van der Waals surface area contributed by atoms with E-state index in [1.54, 1.807) is 0 Å². The number of piperidine rings is 1. The van der Waals surface area contributed by atoms with Crippen molar-refractivity contribution in [2.75, 3.05) is 19.6 Å². The molecule has 4 rings (SSSR count). The van der Waals surface area contributed by atoms with Crippen LogP contribution in [0.15, 0.2) is 54.6 Å². The van der Waals surface area contributed by atoms with Gasteiger partial charge in [0.15, 0.2) is 0 Å². The van der Waals surface area contributed by atoms with Crippen molar-refractivity contribution in [3.05, 3.63) is 60.2 Å². The SMILES string of the molecule is CCCCN(C(=O)CC1CCCCC1)C1CCN(Cc2ccc(Oc3ccccc3)cc2)CC1. The van der Waals surface area contributed by atoms with Crippen LogP contribution in [0, 0.1) is 5.92 Å². The largest absolute Gasteiger partial charge is 0.457 e. The Morgan fingerprint density at radius 2 is 1.59 bits per heavy atom. The number of carbonyl (C=O) groups is 1. The van der Waals surface area contributed by atoms with Crippen molar-refractivity contribution in [3.8, 4) is 11.5 Å². The molecule has 1 amide bonds. The van der Waals surface area contributed by atoms with E-state index in [0.29, 0.717) is 17.9 Å². The van der Waals surface area contributed by atoms with Crippen molar-refractivity contribution in [2.24, 2.45) is 5.92 Å². The Hall–Kier alpha value is -2.33. The molecule has 1 saturated carbocycles. The maximum atomic E-state index is 13.3. The topological polar surface area (TPSA) is 32.8 Å². The second-order valence-electron chi connectivity index (χ2n) is 10.2. The fourth-order valence-electron chi connectivity index (χ4n) is 5.53. The van der Waals surface area contributed by atoms with Crippen molar-refractivity contribution in [1.82, 2.24) is 9.80 Å². The van der Waals surface area contributed by atoms with E-state index >= 15 is 0 Å². The predicted octanol–water partition coefficient (Wildman–Crippen LogP) is 7.04. The van der Waals surface area contributed by atoms with E-state index < -0.39 is 0 Å². The minimum Gasteiger partial charge on any atom is -0.457 e. The summed E-state index contributed by atoms with van der Waals surface area (Å²) >= 11 is 0. The number of carbonyl (C=O) groups excluding carboxylic acids is 1. The fraction of sp³-hybridized carbons (Fsp3) is 0.567. The molecular formula is C30H42N2O2. The maximum Gasteiger partial charge on any atom is 0.223 e. The number of hydrogen-bond donors (Lipinski definition) is 0. The second kappa shape index (κ2) is 12.9. The number of hydrogen-bond acceptors (Lipinski definition) is 3. The molecule has 1 saturated heterocycles. The summed E-state index contributed by atoms with van der Waals surface area (Å²) < 4.78 is 5.92. The van der Waals surface area contributed by atoms with Gasteiger partial charge in [0.25, 0.3) is 0 Å². The average Bonchev–Trinajstić information content (AvgIpc) is 2.88. The van der Waals surface area contributed by atoms with Crippen molar-refractivity contribution in [2.45, 2.75) is 83.7 Å². The lowest BCUT2D eigenvalue weighted by atomic mass is 9.86. The highest BCUT2D eigenvalue weighted by atomic mass is 16.5. The Kier molecular flexibility index (Phi) is 9.44. The smallest absolute Gasteiger partial charge is 0.223 e. The Labute approximate surface area is 206 Å². The molecule has 0 bridgehead atoms. The van der Waals surface area contributed by atoms with Crippen molar-refractivity contribution in [1.29, 1.82) is 0 Å². The van der Waals surface area contributed by atoms with Crippen LogP contribution in [0.1, 0.15) is 76.7 Å². The number of nitrogens with zero attached hydrogens (tertiary/aromatic N) is 2. The normalized spacial score (nSPS) is 18.0. The number of unbranched alkanes of at least 4 members (excludes halogenated alkanes) is 1. The van der Waals surface area contributed by atoms with E-state index in [9.17, 15) is 4.79 Å². The highest BCUT2D eigenvalue weighted by Gasteiger charge is 2.29. The minimum atomic E-state index is 0.417. The fourth-order valence-corrected chi connectivity index (χ4v) is 5.53. The molecule has 0 unspecified atom stereocenters. The molecule has 0 radical (unpaired) electrons. The van der Waals surface area contributed by atoms with E-state index in [1.165, 1.54) is 37.7 Å². The molecule has 1 heterocycles. The summed E-state index contributed by atoms with van der Waals surface area (Å²) in [4.78, 5) is 18.1. The van der Waals surface area contributed by atoms with Gasteiger partial charge in [-0.25, -0.2) is 0 Å². The first-order valence-electron chi connectivity index (χ1n) is 13.5. The van der Waals surface area contributed by atoms with Gasteiger partial charge in [-0.2, -0.15) is 0 Å². The zero-order valence-electron chi connectivity index (χ0n) is 21.0. The predicted molar refractivity (Wildman–Crippen MR) is 139 cm³/mol. The first-order valence-corrected chi connectivity index (χ1v) is 13.5. The molecule has 1 aliphatic carbocycles. The maximum absolute atomic E-state index is 13.3. The number of likely N-dealkylation sites (tertiary alicyclic amines) is 1. The third-order valence-electron chi connectivity index (χ3n) is 7.57. The summed E-state index contributed by atoms with van der Waals surface area (Å²) in [6.45, 7) is 6.25. The molecule has 2 aromatic rings. The van der Waals surface area contributed by atoms with Gasteiger partial charge in [-0.1, -0.05) is 62.9 Å². The Morgan fingerprint density at radius 1 is 0.912 bits per heavy atom. The molecule has 2 aliphatic rings. The Morgan fingerprint density at radius 3 is 2.26 bits per heavy atom. The molecule has 34 heavy (non-hydrogen) atoms. The molecule has 0 N–H and O–H groups in total. The van der Waals surface area contributed by atoms with E-state index in [0.717, 1.165) is 69.8 Å². The Balaban J connectivity index is 1.26. The van der Waals surface area contributed by atoms with Crippen LogP contribution < -0.4 is 4.74 Å². The summed E-state index contributed by atoms with van der Waals surface area (Å²) in [6.07, 6.45) is 11.7. The van der Waals surface area contributed by atoms with Crippen LogP contribution in [0.4, 0.5) is 0 Å². The number of benzene rings is 2. The molecule has 4 heteroatoms. The Bertz CT molecular complexity index is 853. The highest BCUT2D eigenvalue weighted by Crippen LogP contribution is 2.29. The van der Waals surface area contributed by atoms with E-state index in [2.05, 4.69) is 41.0 Å². The molecule has 2 fully saturated rings. The summed E-state index contributed by atoms with van der Waals surface area (Å²) in [5.41, 5.74) is 1.31. The molecule has 1 aliphatic heterocycles. The van der Waals surface area contributed by atoms with Crippen LogP contribution in [0.2, 0.25) is 0 Å². The quantitative estimate of drug-likeness (QED) is 0.379. The van der Waals surface area contributed by atoms with Crippen LogP contribution in [0.25, 0.3) is 0 Å². The van der Waals surface area contributed by atoms with Gasteiger partial charge in [-0.15, -0.1) is 0 Å². The van der Waals surface area contributed by atoms with Crippen LogP contribution in [-0.4, -0.2) is 41.4 Å². The molecule has 0 aromatic heterocycles. The summed E-state index contributed by atoms with van der Waals surface area (Å²) in [7, 11) is 0. The molecule has 2 aromatic carbocycles. The third-order valence-corrected chi connectivity index (χ3v) is 7.57. The highest BCUT2D eigenvalue weighted by molar-refractivity contribution is 5.76. The number of ether oxygens (including phenoxy) is 1. The first-order chi connectivity index (χ1) is 16.7. The lowest BCUT2D eigenvalue weighted by molar-refractivity contribution is -0.136. The van der Waals surface area contributed by atoms with Crippen molar-refractivity contribution in [3.63, 3.8) is 0 Å². The zero-order valence-corrected chi connectivity index (χ0v) is 21.0. The van der Waals surface area contributed by atoms with Gasteiger partial charge >= 0.3 is 0 Å². The van der Waals surface area contributed by atoms with Gasteiger partial charge in [-0.3, -0.25) is 9.69 Å². The monoisotopic (exact) mass is 462 g/mol. The first kappa shape index (κ1) is 24.8. The lowest BCUT2D eigenvalue weighted by Gasteiger charge is -2.39. The number of rotatable bonds is 10. The molecule has 0 atom stereocenters. The van der Waals surface area contributed by atoms with E-state index in [-0.39, 0.29) is 0 Å². The number of amides is 1. The number of para-hydroxylation sites is 1. The van der Waals surface area contributed by atoms with Crippen LogP contribution >= 0.6 is 0 Å². The molecule has 4 nitrogen and oxygen atoms in total. The average molecular weight is 463 g/mol. The van der Waals surface area contributed by atoms with Gasteiger partial charge in [0, 0.05) is 38.6 Å². The second-order valence-corrected chi connectivity index (χ2v) is 10.2. The summed E-state index contributed by atoms with van der Waals surface area (Å²) in [6, 6.07) is 18.8. The van der Waals surface area contributed by atoms with Crippen LogP contribution in [0.3, 0.4) is 0 Å². The molecular weight excluding hydrogens is 420 g/mol. The van der Waals surface area contributed by atoms with Gasteiger partial charge in [0.2, 0.25) is 5.91 Å². The van der Waals surface area contributed by atoms with Crippen molar-refractivity contribution < 1.29 is 9.53 Å². The summed E-state index contributed by atoms with van der Waals surface area (Å²) in [5, 5.41) is 0. The minimum absolute atomic E-state index is 0.417. The third kappa shape index (κ3) is 7.33. The zero-order chi connectivity index (χ0) is 23.6. The molecule has 0 spiro atoms. The van der Waals surface area contributed by atoms with Gasteiger partial charge in [0.05, 0.1) is 0 Å². The van der Waals surface area contributed by atoms with Gasteiger partial charge in [0.1, 0.15) is 11.5 Å². The van der Waals surface area contributed by atoms with E-state index in [4.69, 9.17) is 4.74 Å². The van der Waals surface area contributed by atoms with E-state index in [1.807, 2.05) is 30.3 Å². The van der Waals surface area contributed by atoms with Crippen molar-refractivity contribution >= 4 is 5.91 Å². The van der Waals surface area contributed by atoms with Gasteiger partial charge < -0.3 is 9.64 Å². The lowest BCUT2D eigenvalue weighted by Crippen LogP contribution is -2.48. The standard InChI is InChI=1S/C30H42N2O2/c1-2-3-20-32(30(33)23-25-10-6-4-7-11-25)27-18-21-31(22-19-27)24-26-14-16-29(17-15-26)34-28-12-8-5-9-13-28/h5,8-9,12-17,25,27H,2-4,6-7,10-11,18-24H2,1H3. The van der Waals surface area contributed by atoms with Gasteiger partial charge in [-0.05, 0) is 67.9 Å². The van der Waals surface area contributed by atoms with Crippen LogP contribution in [0.5, 0.6) is 11.5 Å². The van der Waals surface area contributed by atoms with Crippen LogP contribution in [-0.2, 0) is 11.3 Å².